The third kappa shape index (κ3) is 7.43. The summed E-state index contributed by atoms with van der Waals surface area (Å²) >= 11 is 6.20. The van der Waals surface area contributed by atoms with Crippen LogP contribution in [0.15, 0.2) is 48.5 Å². The van der Waals surface area contributed by atoms with E-state index >= 15 is 0 Å². The molecule has 1 atom stereocenters. The Kier molecular flexibility index (Phi) is 9.25. The second-order valence-corrected chi connectivity index (χ2v) is 10.3. The van der Waals surface area contributed by atoms with Crippen molar-refractivity contribution in [2.45, 2.75) is 45.8 Å². The van der Waals surface area contributed by atoms with Gasteiger partial charge in [0.15, 0.2) is 0 Å². The number of benzene rings is 2. The number of carbonyl (C=O) groups is 2. The molecule has 33 heavy (non-hydrogen) atoms. The van der Waals surface area contributed by atoms with Crippen LogP contribution in [0.2, 0.25) is 5.02 Å². The van der Waals surface area contributed by atoms with E-state index < -0.39 is 34.3 Å². The number of hydrogen-bond acceptors (Lipinski definition) is 4. The maximum absolute atomic E-state index is 13.5. The third-order valence-electron chi connectivity index (χ3n) is 4.88. The molecule has 1 N–H and O–H groups in total. The fourth-order valence-electron chi connectivity index (χ4n) is 3.34. The quantitative estimate of drug-likeness (QED) is 0.543. The van der Waals surface area contributed by atoms with Gasteiger partial charge in [0, 0.05) is 12.6 Å². The fraction of sp³-hybridized carbons (Fsp3) is 0.391. The Morgan fingerprint density at radius 1 is 1.09 bits per heavy atom. The second kappa shape index (κ2) is 11.5. The van der Waals surface area contributed by atoms with Crippen molar-refractivity contribution in [2.24, 2.45) is 0 Å². The standard InChI is InChI=1S/C23H29ClFN3O4S/c1-5-20(23(30)26-16(2)3)27(14-17-10-12-18(25)13-11-17)22(29)15-28(33(4,31)32)21-9-7-6-8-19(21)24/h6-13,16,20H,5,14-15H2,1-4H3,(H,26,30)/t20-/m0/s1. The van der Waals surface area contributed by atoms with Crippen molar-refractivity contribution >= 4 is 39.1 Å². The lowest BCUT2D eigenvalue weighted by molar-refractivity contribution is -0.140. The van der Waals surface area contributed by atoms with Crippen LogP contribution in [0.4, 0.5) is 10.1 Å². The SMILES string of the molecule is CC[C@@H](C(=O)NC(C)C)N(Cc1ccc(F)cc1)C(=O)CN(c1ccccc1Cl)S(C)(=O)=O. The zero-order chi connectivity index (χ0) is 24.8. The largest absolute Gasteiger partial charge is 0.352 e. The Morgan fingerprint density at radius 3 is 2.21 bits per heavy atom. The molecule has 2 aromatic carbocycles. The summed E-state index contributed by atoms with van der Waals surface area (Å²) in [5.74, 6) is -1.37. The topological polar surface area (TPSA) is 86.8 Å². The van der Waals surface area contributed by atoms with Crippen molar-refractivity contribution in [1.29, 1.82) is 0 Å². The van der Waals surface area contributed by atoms with Gasteiger partial charge in [-0.3, -0.25) is 13.9 Å². The van der Waals surface area contributed by atoms with E-state index in [1.54, 1.807) is 32.9 Å². The summed E-state index contributed by atoms with van der Waals surface area (Å²) in [6.07, 6.45) is 1.28. The lowest BCUT2D eigenvalue weighted by Gasteiger charge is -2.33. The maximum atomic E-state index is 13.5. The molecule has 0 saturated carbocycles. The number of nitrogens with one attached hydrogen (secondary N) is 1. The zero-order valence-electron chi connectivity index (χ0n) is 19.1. The van der Waals surface area contributed by atoms with Gasteiger partial charge in [0.2, 0.25) is 21.8 Å². The number of nitrogens with zero attached hydrogens (tertiary/aromatic N) is 2. The first-order valence-electron chi connectivity index (χ1n) is 10.5. The Bertz CT molecular complexity index is 1080. The molecule has 0 unspecified atom stereocenters. The molecule has 0 aliphatic rings. The molecule has 2 amide bonds. The van der Waals surface area contributed by atoms with Gasteiger partial charge in [-0.25, -0.2) is 12.8 Å². The van der Waals surface area contributed by atoms with E-state index in [1.165, 1.54) is 41.3 Å². The fourth-order valence-corrected chi connectivity index (χ4v) is 4.48. The number of rotatable bonds is 10. The molecule has 10 heteroatoms. The summed E-state index contributed by atoms with van der Waals surface area (Å²) in [6.45, 7) is 4.83. The van der Waals surface area contributed by atoms with Crippen molar-refractivity contribution < 1.29 is 22.4 Å². The van der Waals surface area contributed by atoms with Gasteiger partial charge in [-0.05, 0) is 50.1 Å². The van der Waals surface area contributed by atoms with Gasteiger partial charge in [0.25, 0.3) is 0 Å². The van der Waals surface area contributed by atoms with Gasteiger partial charge in [0.1, 0.15) is 18.4 Å². The summed E-state index contributed by atoms with van der Waals surface area (Å²) in [4.78, 5) is 27.7. The van der Waals surface area contributed by atoms with E-state index in [9.17, 15) is 22.4 Å². The summed E-state index contributed by atoms with van der Waals surface area (Å²) in [6, 6.07) is 10.9. The Balaban J connectivity index is 2.44. The highest BCUT2D eigenvalue weighted by Gasteiger charge is 2.32. The van der Waals surface area contributed by atoms with Gasteiger partial charge in [0.05, 0.1) is 17.0 Å². The summed E-state index contributed by atoms with van der Waals surface area (Å²) in [5.41, 5.74) is 0.764. The average molecular weight is 498 g/mol. The molecule has 0 heterocycles. The molecule has 0 bridgehead atoms. The van der Waals surface area contributed by atoms with Gasteiger partial charge < -0.3 is 10.2 Å². The van der Waals surface area contributed by atoms with E-state index in [0.29, 0.717) is 12.0 Å². The van der Waals surface area contributed by atoms with Gasteiger partial charge >= 0.3 is 0 Å². The van der Waals surface area contributed by atoms with Crippen LogP contribution in [-0.4, -0.2) is 50.0 Å². The first-order chi connectivity index (χ1) is 15.4. The van der Waals surface area contributed by atoms with Gasteiger partial charge in [-0.1, -0.05) is 42.8 Å². The Labute approximate surface area is 199 Å². The first-order valence-corrected chi connectivity index (χ1v) is 12.7. The average Bonchev–Trinajstić information content (AvgIpc) is 2.72. The Morgan fingerprint density at radius 2 is 1.70 bits per heavy atom. The number of carbonyl (C=O) groups excluding carboxylic acids is 2. The lowest BCUT2D eigenvalue weighted by atomic mass is 10.1. The van der Waals surface area contributed by atoms with Crippen molar-refractivity contribution in [1.82, 2.24) is 10.2 Å². The molecule has 0 aromatic heterocycles. The van der Waals surface area contributed by atoms with Crippen LogP contribution in [0, 0.1) is 5.82 Å². The van der Waals surface area contributed by atoms with E-state index in [2.05, 4.69) is 5.32 Å². The number of para-hydroxylation sites is 1. The smallest absolute Gasteiger partial charge is 0.244 e. The van der Waals surface area contributed by atoms with Crippen molar-refractivity contribution in [3.8, 4) is 0 Å². The van der Waals surface area contributed by atoms with Gasteiger partial charge in [-0.2, -0.15) is 0 Å². The summed E-state index contributed by atoms with van der Waals surface area (Å²) in [5, 5.41) is 2.97. The van der Waals surface area contributed by atoms with Crippen molar-refractivity contribution in [3.63, 3.8) is 0 Å². The molecular weight excluding hydrogens is 469 g/mol. The highest BCUT2D eigenvalue weighted by Crippen LogP contribution is 2.27. The molecule has 0 radical (unpaired) electrons. The molecule has 0 fully saturated rings. The molecule has 0 spiro atoms. The van der Waals surface area contributed by atoms with E-state index in [-0.39, 0.29) is 29.2 Å². The van der Waals surface area contributed by atoms with E-state index in [0.717, 1.165) is 10.6 Å². The van der Waals surface area contributed by atoms with Gasteiger partial charge in [-0.15, -0.1) is 0 Å². The minimum absolute atomic E-state index is 0.00323. The van der Waals surface area contributed by atoms with E-state index in [1.807, 2.05) is 0 Å². The highest BCUT2D eigenvalue weighted by molar-refractivity contribution is 7.92. The minimum atomic E-state index is -3.87. The highest BCUT2D eigenvalue weighted by atomic mass is 35.5. The first kappa shape index (κ1) is 26.6. The maximum Gasteiger partial charge on any atom is 0.244 e. The monoisotopic (exact) mass is 497 g/mol. The molecule has 180 valence electrons. The van der Waals surface area contributed by atoms with E-state index in [4.69, 9.17) is 11.6 Å². The zero-order valence-corrected chi connectivity index (χ0v) is 20.7. The molecule has 2 aromatic rings. The van der Waals surface area contributed by atoms with Crippen LogP contribution >= 0.6 is 11.6 Å². The summed E-state index contributed by atoms with van der Waals surface area (Å²) < 4.78 is 39.4. The number of sulfonamides is 1. The summed E-state index contributed by atoms with van der Waals surface area (Å²) in [7, 11) is -3.87. The molecule has 0 aliphatic heterocycles. The van der Waals surface area contributed by atoms with Crippen LogP contribution in [0.25, 0.3) is 0 Å². The molecule has 0 saturated heterocycles. The third-order valence-corrected chi connectivity index (χ3v) is 6.33. The van der Waals surface area contributed by atoms with Crippen molar-refractivity contribution in [2.75, 3.05) is 17.1 Å². The molecular formula is C23H29ClFN3O4S. The number of anilines is 1. The van der Waals surface area contributed by atoms with Crippen LogP contribution in [0.3, 0.4) is 0 Å². The number of halogens is 2. The second-order valence-electron chi connectivity index (χ2n) is 7.96. The predicted octanol–water partition coefficient (Wildman–Crippen LogP) is 3.58. The molecule has 0 aliphatic carbocycles. The van der Waals surface area contributed by atoms with Crippen LogP contribution < -0.4 is 9.62 Å². The molecule has 7 nitrogen and oxygen atoms in total. The van der Waals surface area contributed by atoms with Crippen LogP contribution in [0.5, 0.6) is 0 Å². The minimum Gasteiger partial charge on any atom is -0.352 e. The van der Waals surface area contributed by atoms with Crippen molar-refractivity contribution in [3.05, 3.63) is 64.9 Å². The lowest BCUT2D eigenvalue weighted by Crippen LogP contribution is -2.53. The predicted molar refractivity (Wildman–Crippen MR) is 128 cm³/mol. The number of amides is 2. The normalized spacial score (nSPS) is 12.3. The number of hydrogen-bond donors (Lipinski definition) is 1. The van der Waals surface area contributed by atoms with Crippen LogP contribution in [-0.2, 0) is 26.2 Å². The Hall–Kier alpha value is -2.65. The molecule has 2 rings (SSSR count). The van der Waals surface area contributed by atoms with Crippen LogP contribution in [0.1, 0.15) is 32.8 Å².